The first-order valence-electron chi connectivity index (χ1n) is 7.99. The summed E-state index contributed by atoms with van der Waals surface area (Å²) in [6, 6.07) is 12.6. The zero-order valence-electron chi connectivity index (χ0n) is 13.9. The number of nitrogens with one attached hydrogen (secondary N) is 1. The molecule has 0 aliphatic heterocycles. The number of amides is 1. The Kier molecular flexibility index (Phi) is 6.44. The van der Waals surface area contributed by atoms with Crippen molar-refractivity contribution in [2.75, 3.05) is 12.4 Å². The first kappa shape index (κ1) is 18.8. The molecule has 6 heteroatoms. The molecule has 0 aliphatic carbocycles. The van der Waals surface area contributed by atoms with Crippen molar-refractivity contribution >= 4 is 11.6 Å². The summed E-state index contributed by atoms with van der Waals surface area (Å²) in [5.74, 6) is 0.373. The maximum absolute atomic E-state index is 12.9. The van der Waals surface area contributed by atoms with Crippen molar-refractivity contribution in [1.82, 2.24) is 0 Å². The molecule has 0 saturated heterocycles. The molecule has 0 aromatic heterocycles. The number of hydrogen-bond acceptors (Lipinski definition) is 2. The van der Waals surface area contributed by atoms with Gasteiger partial charge in [0.25, 0.3) is 0 Å². The van der Waals surface area contributed by atoms with Crippen molar-refractivity contribution in [2.24, 2.45) is 0 Å². The van der Waals surface area contributed by atoms with E-state index in [9.17, 15) is 18.0 Å². The molecule has 0 saturated carbocycles. The lowest BCUT2D eigenvalue weighted by atomic mass is 10.1. The third-order valence-electron chi connectivity index (χ3n) is 3.78. The number of aryl methyl sites for hydroxylation is 1. The average Bonchev–Trinajstić information content (AvgIpc) is 2.59. The minimum atomic E-state index is -4.49. The van der Waals surface area contributed by atoms with Gasteiger partial charge in [-0.2, -0.15) is 13.2 Å². The summed E-state index contributed by atoms with van der Waals surface area (Å²) in [6.07, 6.45) is -2.12. The first-order valence-corrected chi connectivity index (χ1v) is 7.99. The normalized spacial score (nSPS) is 11.2. The molecule has 2 aromatic rings. The predicted molar refractivity (Wildman–Crippen MR) is 90.6 cm³/mol. The smallest absolute Gasteiger partial charge is 0.418 e. The number of ether oxygens (including phenoxy) is 1. The van der Waals surface area contributed by atoms with E-state index >= 15 is 0 Å². The van der Waals surface area contributed by atoms with Gasteiger partial charge in [-0.1, -0.05) is 24.3 Å². The number of rotatable bonds is 7. The summed E-state index contributed by atoms with van der Waals surface area (Å²) in [5.41, 5.74) is 0.0976. The molecule has 2 rings (SSSR count). The molecule has 0 spiro atoms. The maximum Gasteiger partial charge on any atom is 0.418 e. The summed E-state index contributed by atoms with van der Waals surface area (Å²) in [7, 11) is 1.60. The van der Waals surface area contributed by atoms with Crippen LogP contribution in [0.2, 0.25) is 0 Å². The fraction of sp³-hybridized carbons (Fsp3) is 0.316. The van der Waals surface area contributed by atoms with E-state index in [1.165, 1.54) is 18.2 Å². The lowest BCUT2D eigenvalue weighted by Gasteiger charge is -2.13. The van der Waals surface area contributed by atoms with Gasteiger partial charge in [0.1, 0.15) is 5.75 Å². The first-order chi connectivity index (χ1) is 11.9. The fourth-order valence-corrected chi connectivity index (χ4v) is 2.46. The molecular formula is C19H20F3NO2. The van der Waals surface area contributed by atoms with E-state index in [2.05, 4.69) is 5.32 Å². The summed E-state index contributed by atoms with van der Waals surface area (Å²) in [6.45, 7) is 0. The Bertz CT molecular complexity index is 697. The topological polar surface area (TPSA) is 38.3 Å². The lowest BCUT2D eigenvalue weighted by molar-refractivity contribution is -0.137. The van der Waals surface area contributed by atoms with Crippen LogP contribution in [0.15, 0.2) is 48.5 Å². The molecule has 2 aromatic carbocycles. The van der Waals surface area contributed by atoms with Crippen LogP contribution in [0.1, 0.15) is 30.4 Å². The number of para-hydroxylation sites is 1. The van der Waals surface area contributed by atoms with Crippen molar-refractivity contribution in [3.8, 4) is 5.75 Å². The minimum Gasteiger partial charge on any atom is -0.497 e. The summed E-state index contributed by atoms with van der Waals surface area (Å²) in [4.78, 5) is 11.9. The third-order valence-corrected chi connectivity index (χ3v) is 3.78. The van der Waals surface area contributed by atoms with Crippen LogP contribution in [0.25, 0.3) is 0 Å². The number of benzene rings is 2. The quantitative estimate of drug-likeness (QED) is 0.708. The fourth-order valence-electron chi connectivity index (χ4n) is 2.46. The largest absolute Gasteiger partial charge is 0.497 e. The van der Waals surface area contributed by atoms with Crippen molar-refractivity contribution in [3.05, 3.63) is 59.7 Å². The Balaban J connectivity index is 1.79. The number of anilines is 1. The number of unbranched alkanes of at least 4 members (excludes halogenated alkanes) is 1. The van der Waals surface area contributed by atoms with Gasteiger partial charge >= 0.3 is 6.18 Å². The monoisotopic (exact) mass is 351 g/mol. The SMILES string of the molecule is COc1ccc(CCCCC(=O)Nc2ccccc2C(F)(F)F)cc1. The van der Waals surface area contributed by atoms with Crippen molar-refractivity contribution in [1.29, 1.82) is 0 Å². The molecule has 0 bridgehead atoms. The molecule has 1 amide bonds. The number of halogens is 3. The Hall–Kier alpha value is -2.50. The Morgan fingerprint density at radius 1 is 1.04 bits per heavy atom. The predicted octanol–water partition coefficient (Wildman–Crippen LogP) is 5.07. The molecule has 1 N–H and O–H groups in total. The van der Waals surface area contributed by atoms with Crippen LogP contribution >= 0.6 is 0 Å². The van der Waals surface area contributed by atoms with Gasteiger partial charge in [0.2, 0.25) is 5.91 Å². The van der Waals surface area contributed by atoms with Gasteiger partial charge < -0.3 is 10.1 Å². The van der Waals surface area contributed by atoms with Gasteiger partial charge in [-0.15, -0.1) is 0 Å². The summed E-state index contributed by atoms with van der Waals surface area (Å²) >= 11 is 0. The highest BCUT2D eigenvalue weighted by Gasteiger charge is 2.33. The van der Waals surface area contributed by atoms with Gasteiger partial charge in [0.05, 0.1) is 18.4 Å². The molecule has 0 unspecified atom stereocenters. The van der Waals surface area contributed by atoms with Crippen molar-refractivity contribution in [2.45, 2.75) is 31.9 Å². The highest BCUT2D eigenvalue weighted by atomic mass is 19.4. The van der Waals surface area contributed by atoms with Crippen LogP contribution in [0.5, 0.6) is 5.75 Å². The van der Waals surface area contributed by atoms with E-state index in [1.54, 1.807) is 7.11 Å². The number of alkyl halides is 3. The Morgan fingerprint density at radius 3 is 2.36 bits per heavy atom. The third kappa shape index (κ3) is 5.81. The number of hydrogen-bond donors (Lipinski definition) is 1. The molecule has 134 valence electrons. The van der Waals surface area contributed by atoms with Gasteiger partial charge in [-0.05, 0) is 49.1 Å². The van der Waals surface area contributed by atoms with E-state index in [-0.39, 0.29) is 12.1 Å². The molecule has 3 nitrogen and oxygen atoms in total. The number of carbonyl (C=O) groups excluding carboxylic acids is 1. The second-order valence-corrected chi connectivity index (χ2v) is 5.65. The maximum atomic E-state index is 12.9. The number of carbonyl (C=O) groups is 1. The van der Waals surface area contributed by atoms with Gasteiger partial charge in [-0.25, -0.2) is 0 Å². The standard InChI is InChI=1S/C19H20F3NO2/c1-25-15-12-10-14(11-13-15)6-2-5-9-18(24)23-17-8-4-3-7-16(17)19(20,21)22/h3-4,7-8,10-13H,2,5-6,9H2,1H3,(H,23,24). The second kappa shape index (κ2) is 8.55. The van der Waals surface area contributed by atoms with Crippen molar-refractivity contribution in [3.63, 3.8) is 0 Å². The lowest BCUT2D eigenvalue weighted by Crippen LogP contribution is -2.16. The van der Waals surface area contributed by atoms with E-state index in [1.807, 2.05) is 24.3 Å². The van der Waals surface area contributed by atoms with Gasteiger partial charge in [0.15, 0.2) is 0 Å². The minimum absolute atomic E-state index is 0.183. The average molecular weight is 351 g/mol. The van der Waals surface area contributed by atoms with Crippen LogP contribution in [0, 0.1) is 0 Å². The van der Waals surface area contributed by atoms with Crippen LogP contribution in [0.4, 0.5) is 18.9 Å². The van der Waals surface area contributed by atoms with Gasteiger partial charge in [0, 0.05) is 6.42 Å². The highest BCUT2D eigenvalue weighted by Crippen LogP contribution is 2.34. The van der Waals surface area contributed by atoms with E-state index in [0.29, 0.717) is 6.42 Å². The van der Waals surface area contributed by atoms with Crippen LogP contribution in [-0.2, 0) is 17.4 Å². The molecule has 0 atom stereocenters. The summed E-state index contributed by atoms with van der Waals surface area (Å²) in [5, 5.41) is 2.36. The molecular weight excluding hydrogens is 331 g/mol. The van der Waals surface area contributed by atoms with E-state index < -0.39 is 17.6 Å². The van der Waals surface area contributed by atoms with Crippen molar-refractivity contribution < 1.29 is 22.7 Å². The molecule has 0 heterocycles. The molecule has 25 heavy (non-hydrogen) atoms. The summed E-state index contributed by atoms with van der Waals surface area (Å²) < 4.78 is 43.7. The van der Waals surface area contributed by atoms with Crippen LogP contribution < -0.4 is 10.1 Å². The molecule has 0 aliphatic rings. The van der Waals surface area contributed by atoms with E-state index in [4.69, 9.17) is 4.74 Å². The number of methoxy groups -OCH3 is 1. The Morgan fingerprint density at radius 2 is 1.72 bits per heavy atom. The zero-order valence-corrected chi connectivity index (χ0v) is 13.9. The second-order valence-electron chi connectivity index (χ2n) is 5.65. The molecule has 0 fully saturated rings. The van der Waals surface area contributed by atoms with Crippen LogP contribution in [0.3, 0.4) is 0 Å². The Labute approximate surface area is 144 Å². The van der Waals surface area contributed by atoms with Gasteiger partial charge in [-0.3, -0.25) is 4.79 Å². The highest BCUT2D eigenvalue weighted by molar-refractivity contribution is 5.91. The zero-order chi connectivity index (χ0) is 18.3. The van der Waals surface area contributed by atoms with E-state index in [0.717, 1.165) is 30.2 Å². The molecule has 0 radical (unpaired) electrons. The van der Waals surface area contributed by atoms with Crippen LogP contribution in [-0.4, -0.2) is 13.0 Å².